The molecule has 0 aliphatic carbocycles. The van der Waals surface area contributed by atoms with E-state index in [1.54, 1.807) is 0 Å². The van der Waals surface area contributed by atoms with Gasteiger partial charge in [0.05, 0.1) is 42.4 Å². The molecule has 2 fully saturated rings. The number of hydrogen-bond donors (Lipinski definition) is 3. The van der Waals surface area contributed by atoms with E-state index in [1.165, 1.54) is 0 Å². The van der Waals surface area contributed by atoms with Crippen molar-refractivity contribution in [1.82, 2.24) is 39.5 Å². The van der Waals surface area contributed by atoms with Gasteiger partial charge >= 0.3 is 0 Å². The largest absolute Gasteiger partial charge is 0.370 e. The average molecular weight is 781 g/mol. The smallest absolute Gasteiger partial charge is 0.246 e. The third-order valence-corrected chi connectivity index (χ3v) is 12.3. The van der Waals surface area contributed by atoms with E-state index in [0.29, 0.717) is 25.6 Å². The SMILES string of the molecule is CCN(CC)[C@@H](C(=O)N1CCC[C@H]1c1ncc(-c2ccc(-c3ccc(-c4cnc([C@@H]5CCCN5C(=O)[C@@H](C(C)C)N5CCN=C5N)[nH]4)cc3)cc2)[nH]1)c1ccccc1. The maximum atomic E-state index is 14.2. The highest BCUT2D eigenvalue weighted by Crippen LogP contribution is 2.37. The highest BCUT2D eigenvalue weighted by molar-refractivity contribution is 5.90. The van der Waals surface area contributed by atoms with Crippen molar-refractivity contribution >= 4 is 17.8 Å². The zero-order chi connectivity index (χ0) is 40.3. The first-order valence-corrected chi connectivity index (χ1v) is 21.0. The molecule has 2 amide bonds. The summed E-state index contributed by atoms with van der Waals surface area (Å²) in [6, 6.07) is 26.3. The minimum atomic E-state index is -0.337. The van der Waals surface area contributed by atoms with Crippen LogP contribution in [0.25, 0.3) is 33.6 Å². The fourth-order valence-electron chi connectivity index (χ4n) is 9.22. The summed E-state index contributed by atoms with van der Waals surface area (Å²) < 4.78 is 0. The number of nitrogens with two attached hydrogens (primary N) is 1. The molecule has 302 valence electrons. The summed E-state index contributed by atoms with van der Waals surface area (Å²) >= 11 is 0. The summed E-state index contributed by atoms with van der Waals surface area (Å²) in [5.74, 6) is 2.44. The van der Waals surface area contributed by atoms with Crippen molar-refractivity contribution in [2.45, 2.75) is 77.5 Å². The lowest BCUT2D eigenvalue weighted by Crippen LogP contribution is -2.54. The molecule has 0 saturated carbocycles. The number of nitrogens with zero attached hydrogens (tertiary/aromatic N) is 7. The van der Waals surface area contributed by atoms with Crippen LogP contribution in [0.1, 0.15) is 88.7 Å². The van der Waals surface area contributed by atoms with Gasteiger partial charge in [0.1, 0.15) is 23.7 Å². The Kier molecular flexibility index (Phi) is 11.5. The van der Waals surface area contributed by atoms with E-state index in [2.05, 4.69) is 108 Å². The second-order valence-corrected chi connectivity index (χ2v) is 16.1. The van der Waals surface area contributed by atoms with Gasteiger partial charge in [0, 0.05) is 19.6 Å². The zero-order valence-corrected chi connectivity index (χ0v) is 34.1. The molecule has 5 heterocycles. The number of aliphatic imine (C=N–C) groups is 1. The number of likely N-dealkylation sites (N-methyl/N-ethyl adjacent to an activating group) is 1. The van der Waals surface area contributed by atoms with Crippen molar-refractivity contribution in [3.8, 4) is 33.6 Å². The van der Waals surface area contributed by atoms with Crippen LogP contribution in [0.3, 0.4) is 0 Å². The lowest BCUT2D eigenvalue weighted by molar-refractivity contribution is -0.139. The number of aromatic amines is 2. The molecular formula is C46H56N10O2. The Hall–Kier alpha value is -5.75. The van der Waals surface area contributed by atoms with E-state index in [9.17, 15) is 9.59 Å². The van der Waals surface area contributed by atoms with Crippen molar-refractivity contribution in [2.24, 2.45) is 16.6 Å². The minimum absolute atomic E-state index is 0.0846. The topological polar surface area (TPSA) is 143 Å². The molecule has 3 aliphatic heterocycles. The molecule has 4 atom stereocenters. The Morgan fingerprint density at radius 2 is 1.22 bits per heavy atom. The van der Waals surface area contributed by atoms with Crippen molar-refractivity contribution in [3.05, 3.63) is 108 Å². The maximum Gasteiger partial charge on any atom is 0.246 e. The van der Waals surface area contributed by atoms with E-state index >= 15 is 0 Å². The summed E-state index contributed by atoms with van der Waals surface area (Å²) in [4.78, 5) is 57.4. The molecule has 8 rings (SSSR count). The van der Waals surface area contributed by atoms with Gasteiger partial charge in [-0.15, -0.1) is 0 Å². The third-order valence-electron chi connectivity index (χ3n) is 12.3. The predicted molar refractivity (Wildman–Crippen MR) is 228 cm³/mol. The summed E-state index contributed by atoms with van der Waals surface area (Å²) in [7, 11) is 0. The number of benzene rings is 3. The molecule has 2 aromatic heterocycles. The first-order valence-electron chi connectivity index (χ1n) is 21.0. The van der Waals surface area contributed by atoms with Gasteiger partial charge in [0.2, 0.25) is 11.8 Å². The van der Waals surface area contributed by atoms with Crippen LogP contribution in [0, 0.1) is 5.92 Å². The number of hydrogen-bond acceptors (Lipinski definition) is 8. The van der Waals surface area contributed by atoms with Crippen molar-refractivity contribution in [1.29, 1.82) is 0 Å². The second-order valence-electron chi connectivity index (χ2n) is 16.1. The van der Waals surface area contributed by atoms with Crippen LogP contribution in [0.5, 0.6) is 0 Å². The normalized spacial score (nSPS) is 19.3. The van der Waals surface area contributed by atoms with Crippen LogP contribution in [-0.2, 0) is 9.59 Å². The summed E-state index contributed by atoms with van der Waals surface area (Å²) in [6.45, 7) is 12.7. The summed E-state index contributed by atoms with van der Waals surface area (Å²) in [5.41, 5.74) is 13.4. The number of rotatable bonds is 13. The van der Waals surface area contributed by atoms with Crippen LogP contribution in [0.15, 0.2) is 96.2 Å². The Bertz CT molecular complexity index is 2210. The standard InChI is InChI=1S/C46H56N10O2/c1-5-53(6-2)41(35-12-8-7-9-13-35)45(58)55-26-11-15-39(55)43-50-29-37(52-43)34-22-18-32(19-23-34)31-16-20-33(21-17-31)36-28-49-42(51-36)38-14-10-25-54(38)44(57)40(30(3)4)56-27-24-48-46(56)47/h7-9,12-13,16-23,28-30,38-41H,5-6,10-11,14-15,24-27H2,1-4H3,(H2,47,48)(H,49,51)(H,50,52)/t38-,39-,40+,41+/m0/s1. The van der Waals surface area contributed by atoms with Crippen LogP contribution < -0.4 is 5.73 Å². The molecule has 58 heavy (non-hydrogen) atoms. The Morgan fingerprint density at radius 1 is 0.724 bits per heavy atom. The number of amides is 2. The fraction of sp³-hybridized carbons (Fsp3) is 0.413. The highest BCUT2D eigenvalue weighted by atomic mass is 16.2. The summed E-state index contributed by atoms with van der Waals surface area (Å²) in [6.07, 6.45) is 7.40. The number of carbonyl (C=O) groups is 2. The Balaban J connectivity index is 0.930. The van der Waals surface area contributed by atoms with Gasteiger partial charge in [-0.3, -0.25) is 19.5 Å². The number of aromatic nitrogens is 4. The molecule has 0 unspecified atom stereocenters. The monoisotopic (exact) mass is 780 g/mol. The van der Waals surface area contributed by atoms with Gasteiger partial charge in [0.15, 0.2) is 5.96 Å². The molecule has 0 bridgehead atoms. The van der Waals surface area contributed by atoms with Gasteiger partial charge in [-0.05, 0) is 72.5 Å². The van der Waals surface area contributed by atoms with E-state index in [1.807, 2.05) is 45.3 Å². The third kappa shape index (κ3) is 7.65. The van der Waals surface area contributed by atoms with Crippen LogP contribution in [-0.4, -0.2) is 103 Å². The lowest BCUT2D eigenvalue weighted by Gasteiger charge is -2.35. The van der Waals surface area contributed by atoms with Crippen molar-refractivity contribution < 1.29 is 9.59 Å². The van der Waals surface area contributed by atoms with Crippen LogP contribution in [0.4, 0.5) is 0 Å². The van der Waals surface area contributed by atoms with E-state index in [0.717, 1.165) is 96.2 Å². The average Bonchev–Trinajstić information content (AvgIpc) is 4.11. The highest BCUT2D eigenvalue weighted by Gasteiger charge is 2.41. The van der Waals surface area contributed by atoms with Gasteiger partial charge < -0.3 is 30.4 Å². The van der Waals surface area contributed by atoms with E-state index < -0.39 is 0 Å². The zero-order valence-electron chi connectivity index (χ0n) is 34.1. The molecule has 12 nitrogen and oxygen atoms in total. The second kappa shape index (κ2) is 17.0. The number of imidazole rings is 2. The molecule has 0 radical (unpaired) electrons. The summed E-state index contributed by atoms with van der Waals surface area (Å²) in [5, 5.41) is 0. The van der Waals surface area contributed by atoms with Crippen molar-refractivity contribution in [3.63, 3.8) is 0 Å². The van der Waals surface area contributed by atoms with Crippen LogP contribution in [0.2, 0.25) is 0 Å². The number of nitrogens with one attached hydrogen (secondary N) is 2. The maximum absolute atomic E-state index is 14.2. The molecule has 12 heteroatoms. The first-order chi connectivity index (χ1) is 28.2. The fourth-order valence-corrected chi connectivity index (χ4v) is 9.22. The minimum Gasteiger partial charge on any atom is -0.370 e. The Labute approximate surface area is 341 Å². The lowest BCUT2D eigenvalue weighted by atomic mass is 10.0. The number of carbonyl (C=O) groups excluding carboxylic acids is 2. The van der Waals surface area contributed by atoms with Gasteiger partial charge in [-0.25, -0.2) is 9.97 Å². The van der Waals surface area contributed by atoms with Gasteiger partial charge in [-0.1, -0.05) is 107 Å². The van der Waals surface area contributed by atoms with E-state index in [4.69, 9.17) is 15.7 Å². The quantitative estimate of drug-likeness (QED) is 0.115. The number of H-pyrrole nitrogens is 2. The van der Waals surface area contributed by atoms with E-state index in [-0.39, 0.29) is 41.9 Å². The molecule has 3 aromatic carbocycles. The van der Waals surface area contributed by atoms with Crippen LogP contribution >= 0.6 is 0 Å². The number of likely N-dealkylation sites (tertiary alicyclic amines) is 2. The van der Waals surface area contributed by atoms with Gasteiger partial charge in [0.25, 0.3) is 0 Å². The first kappa shape index (κ1) is 39.1. The van der Waals surface area contributed by atoms with Gasteiger partial charge in [-0.2, -0.15) is 0 Å². The molecular weight excluding hydrogens is 725 g/mol. The Morgan fingerprint density at radius 3 is 1.69 bits per heavy atom. The van der Waals surface area contributed by atoms with Crippen molar-refractivity contribution in [2.75, 3.05) is 39.3 Å². The number of guanidine groups is 1. The molecule has 0 spiro atoms. The predicted octanol–water partition coefficient (Wildman–Crippen LogP) is 7.20. The molecule has 2 saturated heterocycles. The molecule has 4 N–H and O–H groups in total. The molecule has 5 aromatic rings. The molecule has 3 aliphatic rings.